The highest BCUT2D eigenvalue weighted by atomic mass is 19.2. The van der Waals surface area contributed by atoms with E-state index in [0.717, 1.165) is 11.6 Å². The van der Waals surface area contributed by atoms with Crippen molar-refractivity contribution in [2.75, 3.05) is 0 Å². The largest absolute Gasteiger partial charge is 0.454 e. The minimum absolute atomic E-state index is 0.00128. The van der Waals surface area contributed by atoms with Crippen LogP contribution in [0.15, 0.2) is 73.1 Å². The van der Waals surface area contributed by atoms with Gasteiger partial charge < -0.3 is 4.74 Å². The van der Waals surface area contributed by atoms with Crippen LogP contribution in [-0.2, 0) is 0 Å². The predicted molar refractivity (Wildman–Crippen MR) is 107 cm³/mol. The Bertz CT molecular complexity index is 1410. The molecule has 0 saturated heterocycles. The van der Waals surface area contributed by atoms with Crippen LogP contribution in [0.4, 0.5) is 13.2 Å². The molecule has 3 aromatic heterocycles. The summed E-state index contributed by atoms with van der Waals surface area (Å²) in [5.74, 6) is -3.93. The van der Waals surface area contributed by atoms with Crippen molar-refractivity contribution in [2.45, 2.75) is 0 Å². The van der Waals surface area contributed by atoms with Crippen LogP contribution in [-0.4, -0.2) is 15.0 Å². The van der Waals surface area contributed by atoms with Crippen LogP contribution in [0.25, 0.3) is 33.2 Å². The van der Waals surface area contributed by atoms with Crippen molar-refractivity contribution in [2.24, 2.45) is 0 Å². The molecule has 0 aliphatic rings. The van der Waals surface area contributed by atoms with Crippen LogP contribution in [0.1, 0.15) is 0 Å². The average Bonchev–Trinajstić information content (AvgIpc) is 2.77. The van der Waals surface area contributed by atoms with Gasteiger partial charge in [0.1, 0.15) is 11.4 Å². The number of aromatic nitrogens is 3. The second kappa shape index (κ2) is 7.11. The Labute approximate surface area is 168 Å². The summed E-state index contributed by atoms with van der Waals surface area (Å²) in [4.78, 5) is 12.8. The lowest BCUT2D eigenvalue weighted by atomic mass is 10.1. The Morgan fingerprint density at radius 3 is 2.40 bits per heavy atom. The Kier molecular flexibility index (Phi) is 4.28. The molecular weight excluding hydrogens is 391 g/mol. The maximum Gasteiger partial charge on any atom is 0.195 e. The molecule has 2 aromatic carbocycles. The van der Waals surface area contributed by atoms with Crippen LogP contribution in [0, 0.1) is 17.5 Å². The van der Waals surface area contributed by atoms with Crippen molar-refractivity contribution in [3.63, 3.8) is 0 Å². The molecule has 30 heavy (non-hydrogen) atoms. The molecule has 0 unspecified atom stereocenters. The summed E-state index contributed by atoms with van der Waals surface area (Å²) in [6.45, 7) is 0. The quantitative estimate of drug-likeness (QED) is 0.344. The monoisotopic (exact) mass is 403 g/mol. The highest BCUT2D eigenvalue weighted by Gasteiger charge is 2.20. The molecule has 0 spiro atoms. The van der Waals surface area contributed by atoms with Crippen molar-refractivity contribution in [3.8, 4) is 22.8 Å². The molecule has 7 heteroatoms. The SMILES string of the molecule is Fc1cc2nccc(Oc3cc4cccnc4nc3-c3ccccc3)c2c(F)c1F. The zero-order chi connectivity index (χ0) is 20.7. The number of nitrogens with zero attached hydrogens (tertiary/aromatic N) is 3. The summed E-state index contributed by atoms with van der Waals surface area (Å²) in [5.41, 5.74) is 1.70. The zero-order valence-electron chi connectivity index (χ0n) is 15.3. The van der Waals surface area contributed by atoms with Crippen LogP contribution in [0.3, 0.4) is 0 Å². The van der Waals surface area contributed by atoms with E-state index in [2.05, 4.69) is 15.0 Å². The smallest absolute Gasteiger partial charge is 0.195 e. The van der Waals surface area contributed by atoms with Crippen LogP contribution < -0.4 is 4.74 Å². The second-order valence-corrected chi connectivity index (χ2v) is 6.54. The zero-order valence-corrected chi connectivity index (χ0v) is 15.3. The lowest BCUT2D eigenvalue weighted by molar-refractivity contribution is 0.447. The number of benzene rings is 2. The first-order chi connectivity index (χ1) is 14.6. The summed E-state index contributed by atoms with van der Waals surface area (Å²) in [6.07, 6.45) is 2.97. The minimum atomic E-state index is -1.58. The van der Waals surface area contributed by atoms with Crippen molar-refractivity contribution in [3.05, 3.63) is 90.5 Å². The number of hydrogen-bond acceptors (Lipinski definition) is 4. The van der Waals surface area contributed by atoms with Gasteiger partial charge in [-0.1, -0.05) is 30.3 Å². The molecule has 3 heterocycles. The van der Waals surface area contributed by atoms with E-state index in [1.165, 1.54) is 12.3 Å². The number of fused-ring (bicyclic) bond motifs is 2. The van der Waals surface area contributed by atoms with Crippen LogP contribution in [0.5, 0.6) is 11.5 Å². The maximum absolute atomic E-state index is 14.5. The molecule has 4 nitrogen and oxygen atoms in total. The molecule has 146 valence electrons. The summed E-state index contributed by atoms with van der Waals surface area (Å²) in [5, 5.41) is 0.463. The van der Waals surface area contributed by atoms with Crippen molar-refractivity contribution in [1.82, 2.24) is 15.0 Å². The average molecular weight is 403 g/mol. The fourth-order valence-electron chi connectivity index (χ4n) is 3.26. The van der Waals surface area contributed by atoms with Crippen LogP contribution in [0.2, 0.25) is 0 Å². The van der Waals surface area contributed by atoms with Gasteiger partial charge in [0.15, 0.2) is 28.8 Å². The molecule has 0 saturated carbocycles. The Morgan fingerprint density at radius 2 is 1.57 bits per heavy atom. The fraction of sp³-hybridized carbons (Fsp3) is 0. The second-order valence-electron chi connectivity index (χ2n) is 6.54. The number of halogens is 3. The van der Waals surface area contributed by atoms with Gasteiger partial charge in [-0.05, 0) is 24.3 Å². The molecule has 0 radical (unpaired) electrons. The standard InChI is InChI=1S/C23H12F3N3O/c24-15-12-16-19(21(26)20(15)25)17(8-10-27-16)30-18-11-14-7-4-9-28-23(14)29-22(18)13-5-2-1-3-6-13/h1-12H. The van der Waals surface area contributed by atoms with Crippen molar-refractivity contribution < 1.29 is 17.9 Å². The predicted octanol–water partition coefficient (Wildman–Crippen LogP) is 6.05. The van der Waals surface area contributed by atoms with Gasteiger partial charge in [0.25, 0.3) is 0 Å². The van der Waals surface area contributed by atoms with Gasteiger partial charge >= 0.3 is 0 Å². The van der Waals surface area contributed by atoms with Crippen molar-refractivity contribution >= 4 is 21.9 Å². The van der Waals surface area contributed by atoms with E-state index in [1.807, 2.05) is 36.4 Å². The molecule has 0 N–H and O–H groups in total. The summed E-state index contributed by atoms with van der Waals surface area (Å²) in [6, 6.07) is 16.8. The van der Waals surface area contributed by atoms with E-state index < -0.39 is 17.5 Å². The van der Waals surface area contributed by atoms with E-state index >= 15 is 0 Å². The van der Waals surface area contributed by atoms with Gasteiger partial charge in [0, 0.05) is 29.4 Å². The summed E-state index contributed by atoms with van der Waals surface area (Å²) in [7, 11) is 0. The lowest BCUT2D eigenvalue weighted by Crippen LogP contribution is -1.98. The number of ether oxygens (including phenoxy) is 1. The first kappa shape index (κ1) is 18.1. The Hall–Kier alpha value is -4.00. The number of pyridine rings is 3. The van der Waals surface area contributed by atoms with Gasteiger partial charge in [-0.15, -0.1) is 0 Å². The van der Waals surface area contributed by atoms with Gasteiger partial charge in [0.2, 0.25) is 0 Å². The summed E-state index contributed by atoms with van der Waals surface area (Å²) < 4.78 is 48.0. The third kappa shape index (κ3) is 3.00. The van der Waals surface area contributed by atoms with Gasteiger partial charge in [-0.2, -0.15) is 0 Å². The molecule has 0 bridgehead atoms. The maximum atomic E-state index is 14.5. The van der Waals surface area contributed by atoms with E-state index in [9.17, 15) is 13.2 Å². The fourth-order valence-corrected chi connectivity index (χ4v) is 3.26. The Balaban J connectivity index is 1.74. The summed E-state index contributed by atoms with van der Waals surface area (Å²) >= 11 is 0. The highest BCUT2D eigenvalue weighted by molar-refractivity contribution is 5.87. The first-order valence-electron chi connectivity index (χ1n) is 9.03. The normalized spacial score (nSPS) is 11.2. The molecule has 5 aromatic rings. The van der Waals surface area contributed by atoms with E-state index in [4.69, 9.17) is 4.74 Å². The van der Waals surface area contributed by atoms with Gasteiger partial charge in [-0.3, -0.25) is 4.98 Å². The highest BCUT2D eigenvalue weighted by Crippen LogP contribution is 2.37. The molecule has 0 atom stereocenters. The number of hydrogen-bond donors (Lipinski definition) is 0. The van der Waals surface area contributed by atoms with Crippen LogP contribution >= 0.6 is 0 Å². The molecular formula is C23H12F3N3O. The van der Waals surface area contributed by atoms with E-state index in [0.29, 0.717) is 22.5 Å². The molecule has 0 aliphatic heterocycles. The molecule has 0 fully saturated rings. The number of rotatable bonds is 3. The van der Waals surface area contributed by atoms with Gasteiger partial charge in [-0.25, -0.2) is 23.1 Å². The molecule has 5 rings (SSSR count). The molecule has 0 amide bonds. The van der Waals surface area contributed by atoms with Crippen molar-refractivity contribution in [1.29, 1.82) is 0 Å². The Morgan fingerprint density at radius 1 is 0.733 bits per heavy atom. The van der Waals surface area contributed by atoms with E-state index in [1.54, 1.807) is 18.3 Å². The third-order valence-electron chi connectivity index (χ3n) is 4.65. The van der Waals surface area contributed by atoms with E-state index in [-0.39, 0.29) is 16.7 Å². The molecule has 0 aliphatic carbocycles. The third-order valence-corrected chi connectivity index (χ3v) is 4.65. The topological polar surface area (TPSA) is 47.9 Å². The minimum Gasteiger partial charge on any atom is -0.454 e. The first-order valence-corrected chi connectivity index (χ1v) is 9.03. The lowest BCUT2D eigenvalue weighted by Gasteiger charge is -2.14. The van der Waals surface area contributed by atoms with Gasteiger partial charge in [0.05, 0.1) is 10.9 Å².